The summed E-state index contributed by atoms with van der Waals surface area (Å²) < 4.78 is 2.98. The van der Waals surface area contributed by atoms with Crippen LogP contribution in [0.4, 0.5) is 0 Å². The van der Waals surface area contributed by atoms with E-state index in [1.165, 1.54) is 5.56 Å². The molecular weight excluding hydrogens is 292 g/mol. The van der Waals surface area contributed by atoms with Gasteiger partial charge in [-0.15, -0.1) is 0 Å². The van der Waals surface area contributed by atoms with Crippen LogP contribution in [0.15, 0.2) is 28.7 Å². The number of hydrogen-bond acceptors (Lipinski definition) is 3. The highest BCUT2D eigenvalue weighted by atomic mass is 79.9. The Morgan fingerprint density at radius 2 is 2.22 bits per heavy atom. The summed E-state index contributed by atoms with van der Waals surface area (Å²) in [5.41, 5.74) is 7.24. The van der Waals surface area contributed by atoms with Gasteiger partial charge >= 0.3 is 0 Å². The lowest BCUT2D eigenvalue weighted by molar-refractivity contribution is 0.371. The maximum Gasteiger partial charge on any atom is 0.155 e. The number of hydrogen-bond donors (Lipinski definition) is 1. The topological polar surface area (TPSA) is 56.7 Å². The van der Waals surface area contributed by atoms with E-state index < -0.39 is 0 Å². The molecule has 0 saturated heterocycles. The highest BCUT2D eigenvalue weighted by Gasteiger charge is 2.20. The number of rotatable bonds is 2. The van der Waals surface area contributed by atoms with Crippen molar-refractivity contribution in [3.63, 3.8) is 0 Å². The molecule has 5 heteroatoms. The van der Waals surface area contributed by atoms with E-state index in [-0.39, 0.29) is 6.17 Å². The Morgan fingerprint density at radius 3 is 3.00 bits per heavy atom. The van der Waals surface area contributed by atoms with E-state index >= 15 is 0 Å². The molecule has 18 heavy (non-hydrogen) atoms. The van der Waals surface area contributed by atoms with Gasteiger partial charge in [0.05, 0.1) is 0 Å². The van der Waals surface area contributed by atoms with Crippen molar-refractivity contribution in [2.24, 2.45) is 5.73 Å². The highest BCUT2D eigenvalue weighted by molar-refractivity contribution is 9.10. The van der Waals surface area contributed by atoms with Crippen LogP contribution in [0.25, 0.3) is 0 Å². The van der Waals surface area contributed by atoms with Gasteiger partial charge in [0.2, 0.25) is 0 Å². The second-order valence-corrected chi connectivity index (χ2v) is 5.47. The molecule has 0 bridgehead atoms. The van der Waals surface area contributed by atoms with Crippen molar-refractivity contribution in [2.45, 2.75) is 31.8 Å². The molecule has 0 saturated carbocycles. The van der Waals surface area contributed by atoms with E-state index in [0.29, 0.717) is 0 Å². The number of aryl methyl sites for hydroxylation is 1. The number of aromatic nitrogens is 3. The summed E-state index contributed by atoms with van der Waals surface area (Å²) >= 11 is 3.55. The summed E-state index contributed by atoms with van der Waals surface area (Å²) in [5.74, 6) is 1.88. The molecule has 1 atom stereocenters. The Kier molecular flexibility index (Phi) is 3.18. The zero-order chi connectivity index (χ0) is 12.5. The molecule has 1 aromatic carbocycles. The summed E-state index contributed by atoms with van der Waals surface area (Å²) in [6, 6.07) is 8.16. The van der Waals surface area contributed by atoms with Crippen molar-refractivity contribution >= 4 is 15.9 Å². The molecule has 2 aromatic rings. The number of halogens is 1. The highest BCUT2D eigenvalue weighted by Crippen LogP contribution is 2.22. The van der Waals surface area contributed by atoms with Gasteiger partial charge in [-0.1, -0.05) is 34.1 Å². The molecule has 1 aromatic heterocycles. The summed E-state index contributed by atoms with van der Waals surface area (Å²) in [4.78, 5) is 4.59. The molecule has 1 aliphatic heterocycles. The quantitative estimate of drug-likeness (QED) is 0.927. The van der Waals surface area contributed by atoms with Gasteiger partial charge in [-0.3, -0.25) is 0 Å². The van der Waals surface area contributed by atoms with Gasteiger partial charge in [-0.2, -0.15) is 5.10 Å². The average molecular weight is 307 g/mol. The van der Waals surface area contributed by atoms with Crippen molar-refractivity contribution in [3.8, 4) is 0 Å². The Labute approximate surface area is 114 Å². The number of nitrogens with two attached hydrogens (primary N) is 1. The van der Waals surface area contributed by atoms with Crippen molar-refractivity contribution in [3.05, 3.63) is 46.0 Å². The number of benzene rings is 1. The van der Waals surface area contributed by atoms with Crippen LogP contribution < -0.4 is 5.73 Å². The van der Waals surface area contributed by atoms with Crippen LogP contribution >= 0.6 is 15.9 Å². The summed E-state index contributed by atoms with van der Waals surface area (Å²) in [6.45, 7) is 0. The first-order valence-corrected chi connectivity index (χ1v) is 6.96. The number of nitrogens with zero attached hydrogens (tertiary/aromatic N) is 3. The molecule has 4 nitrogen and oxygen atoms in total. The molecule has 1 aliphatic rings. The minimum absolute atomic E-state index is 0.00536. The lowest BCUT2D eigenvalue weighted by Crippen LogP contribution is -2.25. The fraction of sp³-hybridized carbons (Fsp3) is 0.385. The van der Waals surface area contributed by atoms with E-state index in [1.54, 1.807) is 0 Å². The van der Waals surface area contributed by atoms with Crippen LogP contribution in [-0.4, -0.2) is 14.8 Å². The normalized spacial score (nSPS) is 18.7. The molecule has 0 spiro atoms. The molecule has 0 radical (unpaired) electrons. The van der Waals surface area contributed by atoms with Crippen LogP contribution in [-0.2, 0) is 12.8 Å². The van der Waals surface area contributed by atoms with E-state index in [9.17, 15) is 0 Å². The fourth-order valence-electron chi connectivity index (χ4n) is 2.32. The van der Waals surface area contributed by atoms with Crippen LogP contribution in [0.2, 0.25) is 0 Å². The smallest absolute Gasteiger partial charge is 0.155 e. The van der Waals surface area contributed by atoms with Gasteiger partial charge in [0, 0.05) is 17.3 Å². The van der Waals surface area contributed by atoms with Gasteiger partial charge in [-0.25, -0.2) is 9.67 Å². The maximum absolute atomic E-state index is 6.03. The predicted octanol–water partition coefficient (Wildman–Crippen LogP) is 2.43. The molecule has 0 aliphatic carbocycles. The zero-order valence-electron chi connectivity index (χ0n) is 10.0. The molecule has 0 fully saturated rings. The Balaban J connectivity index is 1.88. The average Bonchev–Trinajstić information content (AvgIpc) is 2.76. The molecule has 1 unspecified atom stereocenters. The third-order valence-corrected chi connectivity index (χ3v) is 4.04. The van der Waals surface area contributed by atoms with Crippen molar-refractivity contribution in [1.82, 2.24) is 14.8 Å². The van der Waals surface area contributed by atoms with Crippen molar-refractivity contribution in [2.75, 3.05) is 0 Å². The third kappa shape index (κ3) is 2.20. The molecule has 3 rings (SSSR count). The molecular formula is C13H15BrN4. The Morgan fingerprint density at radius 1 is 1.39 bits per heavy atom. The minimum Gasteiger partial charge on any atom is -0.310 e. The largest absolute Gasteiger partial charge is 0.310 e. The standard InChI is InChI=1S/C13H15BrN4/c14-10-5-2-1-4-9(10)8-12-16-13-7-3-6-11(15)18(13)17-12/h1-2,4-5,11H,3,6-8,15H2. The SMILES string of the molecule is NC1CCCc2nc(Cc3ccccc3Br)nn21. The van der Waals surface area contributed by atoms with Gasteiger partial charge in [0.15, 0.2) is 5.82 Å². The first-order valence-electron chi connectivity index (χ1n) is 6.17. The lowest BCUT2D eigenvalue weighted by Gasteiger charge is -2.18. The number of fused-ring (bicyclic) bond motifs is 1. The molecule has 2 heterocycles. The third-order valence-electron chi connectivity index (χ3n) is 3.27. The van der Waals surface area contributed by atoms with Crippen molar-refractivity contribution in [1.29, 1.82) is 0 Å². The lowest BCUT2D eigenvalue weighted by atomic mass is 10.1. The predicted molar refractivity (Wildman–Crippen MR) is 73.1 cm³/mol. The second-order valence-electron chi connectivity index (χ2n) is 4.62. The first kappa shape index (κ1) is 11.9. The monoisotopic (exact) mass is 306 g/mol. The molecule has 94 valence electrons. The summed E-state index contributed by atoms with van der Waals surface area (Å²) in [5, 5.41) is 4.53. The van der Waals surface area contributed by atoms with Crippen LogP contribution in [0.5, 0.6) is 0 Å². The van der Waals surface area contributed by atoms with Gasteiger partial charge in [-0.05, 0) is 24.5 Å². The van der Waals surface area contributed by atoms with Crippen LogP contribution in [0, 0.1) is 0 Å². The van der Waals surface area contributed by atoms with E-state index in [0.717, 1.165) is 41.8 Å². The Hall–Kier alpha value is -1.20. The van der Waals surface area contributed by atoms with Gasteiger partial charge < -0.3 is 5.73 Å². The van der Waals surface area contributed by atoms with E-state index in [1.807, 2.05) is 22.9 Å². The fourth-order valence-corrected chi connectivity index (χ4v) is 2.74. The zero-order valence-corrected chi connectivity index (χ0v) is 11.6. The minimum atomic E-state index is -0.00536. The second kappa shape index (κ2) is 4.82. The molecule has 0 amide bonds. The summed E-state index contributed by atoms with van der Waals surface area (Å²) in [6.07, 6.45) is 3.82. The van der Waals surface area contributed by atoms with Gasteiger partial charge in [0.1, 0.15) is 12.0 Å². The maximum atomic E-state index is 6.03. The van der Waals surface area contributed by atoms with Crippen molar-refractivity contribution < 1.29 is 0 Å². The van der Waals surface area contributed by atoms with E-state index in [2.05, 4.69) is 32.1 Å². The first-order chi connectivity index (χ1) is 8.74. The summed E-state index contributed by atoms with van der Waals surface area (Å²) in [7, 11) is 0. The van der Waals surface area contributed by atoms with Gasteiger partial charge in [0.25, 0.3) is 0 Å². The molecule has 2 N–H and O–H groups in total. The van der Waals surface area contributed by atoms with Crippen LogP contribution in [0.1, 0.15) is 36.2 Å². The van der Waals surface area contributed by atoms with Crippen LogP contribution in [0.3, 0.4) is 0 Å². The van der Waals surface area contributed by atoms with E-state index in [4.69, 9.17) is 5.73 Å². The Bertz CT molecular complexity index is 564.